The molecule has 3 aromatic carbocycles. The fourth-order valence-corrected chi connectivity index (χ4v) is 6.62. The van der Waals surface area contributed by atoms with E-state index in [1.165, 1.54) is 30.5 Å². The van der Waals surface area contributed by atoms with Crippen LogP contribution in [0.15, 0.2) is 89.0 Å². The minimum Gasteiger partial charge on any atom is -0.322 e. The lowest BCUT2D eigenvalue weighted by Crippen LogP contribution is -2.11. The molecule has 2 aromatic heterocycles. The molecule has 0 fully saturated rings. The molecule has 216 valence electrons. The van der Waals surface area contributed by atoms with E-state index >= 15 is 4.39 Å². The first-order valence-electron chi connectivity index (χ1n) is 12.6. The molecule has 5 aromatic rings. The monoisotopic (exact) mass is 612 g/mol. The van der Waals surface area contributed by atoms with Gasteiger partial charge in [-0.3, -0.25) is 0 Å². The third kappa shape index (κ3) is 5.44. The Kier molecular flexibility index (Phi) is 7.73. The SMILES string of the molecule is CCn1c(-c2ccccc2)nc(-c2cccc(CS(=O)(=O)c3c(F)cccc3F)c2F)c1-c1ccnc(S(C)(=O)=O)n1. The standard InChI is InChI=1S/C29H23F3N4O4S2/c1-3-36-26(23-15-16-33-29(34-23)41(2,37)38)25(35-28(36)18-9-5-4-6-10-18)20-12-7-11-19(24(20)32)17-42(39,40)27-21(30)13-8-14-22(27)31/h4-16H,3,17H2,1-2H3. The molecular formula is C29H23F3N4O4S2. The average Bonchev–Trinajstić information content (AvgIpc) is 3.33. The summed E-state index contributed by atoms with van der Waals surface area (Å²) in [6.45, 7) is 2.15. The van der Waals surface area contributed by atoms with Crippen LogP contribution in [0.25, 0.3) is 34.0 Å². The number of benzene rings is 3. The average molecular weight is 613 g/mol. The van der Waals surface area contributed by atoms with Gasteiger partial charge in [0, 0.05) is 35.7 Å². The second-order valence-electron chi connectivity index (χ2n) is 9.33. The van der Waals surface area contributed by atoms with E-state index < -0.39 is 52.9 Å². The molecule has 0 aliphatic carbocycles. The van der Waals surface area contributed by atoms with Gasteiger partial charge in [-0.2, -0.15) is 0 Å². The van der Waals surface area contributed by atoms with Crippen LogP contribution in [0.5, 0.6) is 0 Å². The first-order valence-corrected chi connectivity index (χ1v) is 16.1. The number of hydrogen-bond donors (Lipinski definition) is 0. The molecule has 13 heteroatoms. The van der Waals surface area contributed by atoms with Crippen molar-refractivity contribution in [2.45, 2.75) is 29.3 Å². The number of halogens is 3. The van der Waals surface area contributed by atoms with Gasteiger partial charge in [-0.15, -0.1) is 0 Å². The smallest absolute Gasteiger partial charge is 0.247 e. The largest absolute Gasteiger partial charge is 0.322 e. The summed E-state index contributed by atoms with van der Waals surface area (Å²) in [7, 11) is -8.43. The molecule has 0 spiro atoms. The molecule has 0 aliphatic heterocycles. The van der Waals surface area contributed by atoms with Crippen LogP contribution >= 0.6 is 0 Å². The molecule has 0 saturated heterocycles. The molecule has 5 rings (SSSR count). The van der Waals surface area contributed by atoms with E-state index in [9.17, 15) is 25.6 Å². The molecule has 0 radical (unpaired) electrons. The Morgan fingerprint density at radius 1 is 0.810 bits per heavy atom. The maximum Gasteiger partial charge on any atom is 0.247 e. The van der Waals surface area contributed by atoms with Crippen LogP contribution in [0.2, 0.25) is 0 Å². The van der Waals surface area contributed by atoms with Crippen LogP contribution < -0.4 is 0 Å². The number of nitrogens with zero attached hydrogens (tertiary/aromatic N) is 4. The van der Waals surface area contributed by atoms with E-state index in [1.54, 1.807) is 28.8 Å². The molecule has 0 aliphatic rings. The maximum atomic E-state index is 16.2. The minimum absolute atomic E-state index is 0.0580. The lowest BCUT2D eigenvalue weighted by molar-refractivity contribution is 0.518. The molecule has 0 saturated carbocycles. The van der Waals surface area contributed by atoms with E-state index in [0.717, 1.165) is 24.5 Å². The fraction of sp³-hybridized carbons (Fsp3) is 0.138. The van der Waals surface area contributed by atoms with Gasteiger partial charge in [-0.05, 0) is 31.2 Å². The Bertz CT molecular complexity index is 2010. The zero-order valence-electron chi connectivity index (χ0n) is 22.3. The number of imidazole rings is 1. The summed E-state index contributed by atoms with van der Waals surface area (Å²) in [4.78, 5) is 11.6. The Hall–Kier alpha value is -4.36. The van der Waals surface area contributed by atoms with Gasteiger partial charge in [0.15, 0.2) is 9.84 Å². The van der Waals surface area contributed by atoms with Crippen molar-refractivity contribution in [3.8, 4) is 34.0 Å². The molecule has 0 N–H and O–H groups in total. The summed E-state index contributed by atoms with van der Waals surface area (Å²) in [5, 5.41) is -0.441. The van der Waals surface area contributed by atoms with Gasteiger partial charge >= 0.3 is 0 Å². The van der Waals surface area contributed by atoms with Crippen LogP contribution in [-0.2, 0) is 32.0 Å². The van der Waals surface area contributed by atoms with Gasteiger partial charge in [0.1, 0.15) is 33.9 Å². The van der Waals surface area contributed by atoms with Crippen molar-refractivity contribution in [2.24, 2.45) is 0 Å². The van der Waals surface area contributed by atoms with Crippen LogP contribution in [0, 0.1) is 17.5 Å². The fourth-order valence-electron chi connectivity index (χ4n) is 4.60. The lowest BCUT2D eigenvalue weighted by atomic mass is 10.0. The van der Waals surface area contributed by atoms with Crippen molar-refractivity contribution >= 4 is 19.7 Å². The van der Waals surface area contributed by atoms with Gasteiger partial charge in [0.05, 0.1) is 17.1 Å². The maximum absolute atomic E-state index is 16.2. The first kappa shape index (κ1) is 29.1. The summed E-state index contributed by atoms with van der Waals surface area (Å²) < 4.78 is 97.0. The quantitative estimate of drug-likeness (QED) is 0.213. The summed E-state index contributed by atoms with van der Waals surface area (Å²) in [5.41, 5.74) is 0.690. The molecule has 8 nitrogen and oxygen atoms in total. The van der Waals surface area contributed by atoms with Crippen LogP contribution in [-0.4, -0.2) is 42.6 Å². The molecule has 0 amide bonds. The van der Waals surface area contributed by atoms with Crippen LogP contribution in [0.3, 0.4) is 0 Å². The van der Waals surface area contributed by atoms with Gasteiger partial charge < -0.3 is 4.57 Å². The van der Waals surface area contributed by atoms with Crippen molar-refractivity contribution in [3.63, 3.8) is 0 Å². The van der Waals surface area contributed by atoms with Gasteiger partial charge in [-0.1, -0.05) is 48.5 Å². The number of hydrogen-bond acceptors (Lipinski definition) is 7. The lowest BCUT2D eigenvalue weighted by Gasteiger charge is -2.12. The van der Waals surface area contributed by atoms with Crippen molar-refractivity contribution in [1.82, 2.24) is 19.5 Å². The third-order valence-corrected chi connectivity index (χ3v) is 9.00. The second-order valence-corrected chi connectivity index (χ2v) is 13.2. The minimum atomic E-state index is -4.63. The first-order chi connectivity index (χ1) is 19.9. The summed E-state index contributed by atoms with van der Waals surface area (Å²) in [6, 6.07) is 17.1. The number of aromatic nitrogens is 4. The highest BCUT2D eigenvalue weighted by molar-refractivity contribution is 7.90. The van der Waals surface area contributed by atoms with Gasteiger partial charge in [-0.25, -0.2) is 45.0 Å². The Balaban J connectivity index is 1.74. The zero-order valence-corrected chi connectivity index (χ0v) is 23.9. The van der Waals surface area contributed by atoms with Crippen molar-refractivity contribution in [2.75, 3.05) is 6.26 Å². The van der Waals surface area contributed by atoms with Crippen molar-refractivity contribution in [3.05, 3.63) is 102 Å². The number of sulfone groups is 2. The van der Waals surface area contributed by atoms with Crippen molar-refractivity contribution < 1.29 is 30.0 Å². The predicted molar refractivity (Wildman–Crippen MR) is 150 cm³/mol. The van der Waals surface area contributed by atoms with Gasteiger partial charge in [0.25, 0.3) is 0 Å². The Morgan fingerprint density at radius 3 is 2.12 bits per heavy atom. The van der Waals surface area contributed by atoms with Crippen LogP contribution in [0.4, 0.5) is 13.2 Å². The van der Waals surface area contributed by atoms with E-state index in [4.69, 9.17) is 4.98 Å². The van der Waals surface area contributed by atoms with Crippen LogP contribution in [0.1, 0.15) is 12.5 Å². The van der Waals surface area contributed by atoms with Gasteiger partial charge in [0.2, 0.25) is 15.0 Å². The zero-order chi connectivity index (χ0) is 30.2. The van der Waals surface area contributed by atoms with E-state index in [0.29, 0.717) is 17.9 Å². The summed E-state index contributed by atoms with van der Waals surface area (Å²) in [5.74, 6) is -4.14. The molecule has 42 heavy (non-hydrogen) atoms. The van der Waals surface area contributed by atoms with E-state index in [2.05, 4.69) is 9.97 Å². The van der Waals surface area contributed by atoms with E-state index in [1.807, 2.05) is 13.0 Å². The topological polar surface area (TPSA) is 112 Å². The summed E-state index contributed by atoms with van der Waals surface area (Å²) in [6.07, 6.45) is 2.22. The van der Waals surface area contributed by atoms with Crippen molar-refractivity contribution in [1.29, 1.82) is 0 Å². The summed E-state index contributed by atoms with van der Waals surface area (Å²) >= 11 is 0. The third-order valence-electron chi connectivity index (χ3n) is 6.43. The highest BCUT2D eigenvalue weighted by Crippen LogP contribution is 2.38. The van der Waals surface area contributed by atoms with E-state index in [-0.39, 0.29) is 28.2 Å². The molecule has 2 heterocycles. The molecule has 0 bridgehead atoms. The predicted octanol–water partition coefficient (Wildman–Crippen LogP) is 5.49. The molecule has 0 atom stereocenters. The highest BCUT2D eigenvalue weighted by atomic mass is 32.2. The Morgan fingerprint density at radius 2 is 1.48 bits per heavy atom. The second kappa shape index (κ2) is 11.1. The Labute approximate surface area is 240 Å². The molecule has 0 unspecified atom stereocenters. The normalized spacial score (nSPS) is 12.0. The number of rotatable bonds is 8. The highest BCUT2D eigenvalue weighted by Gasteiger charge is 2.29. The molecular weight excluding hydrogens is 589 g/mol.